The molecule has 32 heavy (non-hydrogen) atoms. The first-order valence-corrected chi connectivity index (χ1v) is 10.6. The van der Waals surface area contributed by atoms with E-state index in [1.165, 1.54) is 24.3 Å². The van der Waals surface area contributed by atoms with Crippen LogP contribution >= 0.6 is 11.6 Å². The summed E-state index contributed by atoms with van der Waals surface area (Å²) in [5.74, 6) is -0.500. The highest BCUT2D eigenvalue weighted by Crippen LogP contribution is 2.27. The van der Waals surface area contributed by atoms with Gasteiger partial charge in [-0.05, 0) is 38.8 Å². The standard InChI is InChI=1S/C22H24ClN5O4/c1-22(2,20(31)32)25-19(30)16-5-4-10-27(16)17-11-18(29)28-12-15(24-21(28)26(17)3)13-6-8-14(23)9-7-13/h6-9,11-12,16H,4-5,10H2,1-3H3,(H,25,30)(H,31,32)/t16-/m0/s1. The number of rotatable bonds is 5. The van der Waals surface area contributed by atoms with Crippen LogP contribution in [0.1, 0.15) is 26.7 Å². The Morgan fingerprint density at radius 1 is 1.25 bits per heavy atom. The summed E-state index contributed by atoms with van der Waals surface area (Å²) in [6, 6.07) is 8.09. The van der Waals surface area contributed by atoms with E-state index in [1.54, 1.807) is 29.9 Å². The SMILES string of the molecule is Cn1c(N2CCC[C@H]2C(=O)NC(C)(C)C(=O)O)cc(=O)n2cc(-c3ccc(Cl)cc3)nc12. The second-order valence-corrected chi connectivity index (χ2v) is 8.91. The van der Waals surface area contributed by atoms with Crippen molar-refractivity contribution in [1.29, 1.82) is 0 Å². The van der Waals surface area contributed by atoms with Crippen LogP contribution in [0.2, 0.25) is 5.02 Å². The highest BCUT2D eigenvalue weighted by atomic mass is 35.5. The van der Waals surface area contributed by atoms with Crippen LogP contribution in [0.4, 0.5) is 5.82 Å². The molecular formula is C22H24ClN5O4. The molecule has 9 nitrogen and oxygen atoms in total. The van der Waals surface area contributed by atoms with Gasteiger partial charge in [0.2, 0.25) is 11.7 Å². The van der Waals surface area contributed by atoms with Crippen molar-refractivity contribution in [3.05, 3.63) is 51.9 Å². The molecule has 1 aliphatic heterocycles. The zero-order chi connectivity index (χ0) is 23.2. The van der Waals surface area contributed by atoms with Crippen LogP contribution in [-0.2, 0) is 16.6 Å². The molecule has 4 rings (SSSR count). The molecule has 0 aliphatic carbocycles. The van der Waals surface area contributed by atoms with Crippen molar-refractivity contribution in [3.63, 3.8) is 0 Å². The number of hydrogen-bond acceptors (Lipinski definition) is 5. The molecule has 0 bridgehead atoms. The first-order valence-electron chi connectivity index (χ1n) is 10.3. The van der Waals surface area contributed by atoms with Crippen LogP contribution in [0.25, 0.3) is 17.0 Å². The Labute approximate surface area is 189 Å². The summed E-state index contributed by atoms with van der Waals surface area (Å²) in [4.78, 5) is 43.7. The van der Waals surface area contributed by atoms with Gasteiger partial charge >= 0.3 is 5.97 Å². The highest BCUT2D eigenvalue weighted by molar-refractivity contribution is 6.30. The number of amides is 1. The van der Waals surface area contributed by atoms with Gasteiger partial charge in [-0.1, -0.05) is 23.7 Å². The second-order valence-electron chi connectivity index (χ2n) is 8.47. The smallest absolute Gasteiger partial charge is 0.328 e. The fourth-order valence-corrected chi connectivity index (χ4v) is 4.07. The van der Waals surface area contributed by atoms with Crippen molar-refractivity contribution in [3.8, 4) is 11.3 Å². The van der Waals surface area contributed by atoms with E-state index in [-0.39, 0.29) is 11.5 Å². The number of carbonyl (C=O) groups excluding carboxylic acids is 1. The third-order valence-corrected chi connectivity index (χ3v) is 6.03. The third-order valence-electron chi connectivity index (χ3n) is 5.78. The molecule has 1 saturated heterocycles. The first-order chi connectivity index (χ1) is 15.1. The number of nitrogens with zero attached hydrogens (tertiary/aromatic N) is 4. The number of aromatic nitrogens is 3. The van der Waals surface area contributed by atoms with Crippen LogP contribution in [0.3, 0.4) is 0 Å². The summed E-state index contributed by atoms with van der Waals surface area (Å²) < 4.78 is 3.24. The number of carboxylic acids is 1. The topological polar surface area (TPSA) is 109 Å². The van der Waals surface area contributed by atoms with Gasteiger partial charge in [-0.2, -0.15) is 0 Å². The van der Waals surface area contributed by atoms with Crippen LogP contribution in [0.15, 0.2) is 41.3 Å². The average molecular weight is 458 g/mol. The number of hydrogen-bond donors (Lipinski definition) is 2. The van der Waals surface area contributed by atoms with E-state index < -0.39 is 17.6 Å². The Bertz CT molecular complexity index is 1260. The van der Waals surface area contributed by atoms with E-state index in [9.17, 15) is 19.5 Å². The lowest BCUT2D eigenvalue weighted by atomic mass is 10.0. The van der Waals surface area contributed by atoms with Gasteiger partial charge in [0.25, 0.3) is 5.56 Å². The highest BCUT2D eigenvalue weighted by Gasteiger charge is 2.37. The summed E-state index contributed by atoms with van der Waals surface area (Å²) in [6.45, 7) is 3.45. The van der Waals surface area contributed by atoms with Gasteiger partial charge in [-0.25, -0.2) is 9.78 Å². The van der Waals surface area contributed by atoms with Gasteiger partial charge in [0.05, 0.1) is 5.69 Å². The van der Waals surface area contributed by atoms with Crippen molar-refractivity contribution in [2.45, 2.75) is 38.3 Å². The normalized spacial score (nSPS) is 16.5. The molecule has 0 saturated carbocycles. The Hall–Kier alpha value is -3.33. The minimum absolute atomic E-state index is 0.266. The Morgan fingerprint density at radius 3 is 2.59 bits per heavy atom. The predicted octanol–water partition coefficient (Wildman–Crippen LogP) is 2.30. The number of nitrogens with one attached hydrogen (secondary N) is 1. The van der Waals surface area contributed by atoms with Gasteiger partial charge in [0.1, 0.15) is 17.4 Å². The van der Waals surface area contributed by atoms with Crippen LogP contribution in [0.5, 0.6) is 0 Å². The molecule has 10 heteroatoms. The molecule has 2 aromatic heterocycles. The maximum atomic E-state index is 12.9. The third kappa shape index (κ3) is 3.84. The van der Waals surface area contributed by atoms with Crippen molar-refractivity contribution in [2.24, 2.45) is 7.05 Å². The molecule has 1 aromatic carbocycles. The van der Waals surface area contributed by atoms with Crippen LogP contribution < -0.4 is 15.8 Å². The Balaban J connectivity index is 1.71. The lowest BCUT2D eigenvalue weighted by Crippen LogP contribution is -2.55. The summed E-state index contributed by atoms with van der Waals surface area (Å²) in [6.07, 6.45) is 2.98. The van der Waals surface area contributed by atoms with E-state index >= 15 is 0 Å². The number of aryl methyl sites for hydroxylation is 1. The van der Waals surface area contributed by atoms with Crippen molar-refractivity contribution >= 4 is 35.1 Å². The largest absolute Gasteiger partial charge is 0.480 e. The zero-order valence-electron chi connectivity index (χ0n) is 18.0. The summed E-state index contributed by atoms with van der Waals surface area (Å²) in [7, 11) is 1.79. The molecule has 1 amide bonds. The zero-order valence-corrected chi connectivity index (χ0v) is 18.8. The number of anilines is 1. The van der Waals surface area contributed by atoms with E-state index in [4.69, 9.17) is 11.6 Å². The van der Waals surface area contributed by atoms with Crippen LogP contribution in [0, 0.1) is 0 Å². The quantitative estimate of drug-likeness (QED) is 0.608. The molecule has 1 aliphatic rings. The second kappa shape index (κ2) is 7.98. The molecule has 3 heterocycles. The lowest BCUT2D eigenvalue weighted by molar-refractivity contribution is -0.146. The predicted molar refractivity (Wildman–Crippen MR) is 121 cm³/mol. The Morgan fingerprint density at radius 2 is 1.94 bits per heavy atom. The van der Waals surface area contributed by atoms with Gasteiger partial charge < -0.3 is 19.9 Å². The molecule has 1 atom stereocenters. The van der Waals surface area contributed by atoms with E-state index in [0.29, 0.717) is 35.3 Å². The molecule has 3 aromatic rings. The average Bonchev–Trinajstić information content (AvgIpc) is 3.39. The van der Waals surface area contributed by atoms with E-state index in [0.717, 1.165) is 12.0 Å². The van der Waals surface area contributed by atoms with E-state index in [2.05, 4.69) is 10.3 Å². The minimum atomic E-state index is -1.39. The maximum absolute atomic E-state index is 12.9. The summed E-state index contributed by atoms with van der Waals surface area (Å²) >= 11 is 5.97. The molecule has 0 radical (unpaired) electrons. The number of benzene rings is 1. The maximum Gasteiger partial charge on any atom is 0.328 e. The van der Waals surface area contributed by atoms with Gasteiger partial charge in [0, 0.05) is 36.4 Å². The molecular weight excluding hydrogens is 434 g/mol. The summed E-state index contributed by atoms with van der Waals surface area (Å²) in [5.41, 5.74) is -0.200. The van der Waals surface area contributed by atoms with Gasteiger partial charge in [-0.15, -0.1) is 0 Å². The monoisotopic (exact) mass is 457 g/mol. The molecule has 1 fully saturated rings. The first kappa shape index (κ1) is 21.9. The van der Waals surface area contributed by atoms with Crippen LogP contribution in [-0.4, -0.2) is 49.1 Å². The summed E-state index contributed by atoms with van der Waals surface area (Å²) in [5, 5.41) is 12.5. The molecule has 0 spiro atoms. The number of halogens is 1. The fourth-order valence-electron chi connectivity index (χ4n) is 3.94. The van der Waals surface area contributed by atoms with Gasteiger partial charge in [0.15, 0.2) is 0 Å². The lowest BCUT2D eigenvalue weighted by Gasteiger charge is -2.30. The molecule has 168 valence electrons. The van der Waals surface area contributed by atoms with Crippen molar-refractivity contribution in [1.82, 2.24) is 19.3 Å². The Kier molecular flexibility index (Phi) is 5.46. The van der Waals surface area contributed by atoms with Gasteiger partial charge in [-0.3, -0.25) is 14.0 Å². The number of aliphatic carboxylic acids is 1. The number of fused-ring (bicyclic) bond motifs is 1. The van der Waals surface area contributed by atoms with Crippen molar-refractivity contribution < 1.29 is 14.7 Å². The number of imidazole rings is 1. The van der Waals surface area contributed by atoms with E-state index in [1.807, 2.05) is 17.0 Å². The molecule has 2 N–H and O–H groups in total. The number of carbonyl (C=O) groups is 2. The number of carboxylic acid groups (broad SMARTS) is 1. The fraction of sp³-hybridized carbons (Fsp3) is 0.364. The minimum Gasteiger partial charge on any atom is -0.480 e. The van der Waals surface area contributed by atoms with Crippen molar-refractivity contribution in [2.75, 3.05) is 11.4 Å². The molecule has 0 unspecified atom stereocenters.